The van der Waals surface area contributed by atoms with Crippen molar-refractivity contribution in [3.63, 3.8) is 0 Å². The lowest BCUT2D eigenvalue weighted by atomic mass is 9.90. The zero-order valence-corrected chi connectivity index (χ0v) is 23.8. The first-order valence-electron chi connectivity index (χ1n) is 13.3. The van der Waals surface area contributed by atoms with Gasteiger partial charge >= 0.3 is 12.4 Å². The molecule has 2 aromatic carbocycles. The van der Waals surface area contributed by atoms with Crippen LogP contribution in [0.3, 0.4) is 0 Å². The van der Waals surface area contributed by atoms with Gasteiger partial charge in [0, 0.05) is 52.4 Å². The molecule has 0 aliphatic carbocycles. The van der Waals surface area contributed by atoms with Gasteiger partial charge in [-0.15, -0.1) is 0 Å². The van der Waals surface area contributed by atoms with Crippen LogP contribution in [0.1, 0.15) is 39.9 Å². The standard InChI is InChI=1S/C29H34F6N4O3/c1-36(2)25(40)17-38(18-26(41)37(3)4)23-10-11-39(24(16-23)12-19-8-6-5-7-9-19)27(42)20-13-21(28(30,31)32)15-22(14-20)29(33,34)35/h5-9,13-15,23-24H,10-12,16-18H2,1-4H3/t23-,24+/m0/s1. The number of halogens is 6. The molecule has 230 valence electrons. The maximum Gasteiger partial charge on any atom is 0.416 e. The Morgan fingerprint density at radius 1 is 0.810 bits per heavy atom. The number of carbonyl (C=O) groups excluding carboxylic acids is 3. The van der Waals surface area contributed by atoms with E-state index in [4.69, 9.17) is 0 Å². The third-order valence-electron chi connectivity index (χ3n) is 7.29. The summed E-state index contributed by atoms with van der Waals surface area (Å²) in [6.45, 7) is -0.154. The Bertz CT molecular complexity index is 1210. The summed E-state index contributed by atoms with van der Waals surface area (Å²) in [5, 5.41) is 0. The first kappa shape index (κ1) is 32.9. The molecule has 0 aromatic heterocycles. The Morgan fingerprint density at radius 2 is 1.31 bits per heavy atom. The van der Waals surface area contributed by atoms with Crippen LogP contribution in [0.5, 0.6) is 0 Å². The molecule has 2 aromatic rings. The zero-order valence-electron chi connectivity index (χ0n) is 23.8. The van der Waals surface area contributed by atoms with E-state index in [0.29, 0.717) is 12.1 Å². The van der Waals surface area contributed by atoms with Crippen LogP contribution in [0.25, 0.3) is 0 Å². The molecule has 7 nitrogen and oxygen atoms in total. The van der Waals surface area contributed by atoms with Crippen LogP contribution in [-0.4, -0.2) is 97.2 Å². The predicted molar refractivity (Wildman–Crippen MR) is 143 cm³/mol. The second kappa shape index (κ2) is 13.1. The third kappa shape index (κ3) is 8.46. The Kier molecular flexibility index (Phi) is 10.3. The van der Waals surface area contributed by atoms with E-state index in [1.807, 2.05) is 0 Å². The number of likely N-dealkylation sites (tertiary alicyclic amines) is 1. The highest BCUT2D eigenvalue weighted by molar-refractivity contribution is 5.95. The topological polar surface area (TPSA) is 64.2 Å². The van der Waals surface area contributed by atoms with Crippen molar-refractivity contribution in [2.45, 2.75) is 43.7 Å². The molecule has 42 heavy (non-hydrogen) atoms. The SMILES string of the molecule is CN(C)C(=O)CN(CC(=O)N(C)C)[C@H]1CCN(C(=O)c2cc(C(F)(F)F)cc(C(F)(F)F)c2)[C@H](Cc2ccccc2)C1. The summed E-state index contributed by atoms with van der Waals surface area (Å²) in [6.07, 6.45) is -9.42. The fourth-order valence-corrected chi connectivity index (χ4v) is 4.90. The van der Waals surface area contributed by atoms with Crippen molar-refractivity contribution < 1.29 is 40.7 Å². The van der Waals surface area contributed by atoms with Crippen LogP contribution in [0, 0.1) is 0 Å². The fraction of sp³-hybridized carbons (Fsp3) is 0.483. The summed E-state index contributed by atoms with van der Waals surface area (Å²) in [6, 6.07) is 8.86. The highest BCUT2D eigenvalue weighted by Crippen LogP contribution is 2.37. The number of piperidine rings is 1. The number of hydrogen-bond acceptors (Lipinski definition) is 4. The van der Waals surface area contributed by atoms with Crippen LogP contribution in [0.2, 0.25) is 0 Å². The highest BCUT2D eigenvalue weighted by Gasteiger charge is 2.40. The summed E-state index contributed by atoms with van der Waals surface area (Å²) in [7, 11) is 6.33. The molecule has 1 aliphatic rings. The average Bonchev–Trinajstić information content (AvgIpc) is 2.91. The van der Waals surface area contributed by atoms with Crippen molar-refractivity contribution in [3.05, 3.63) is 70.8 Å². The molecule has 13 heteroatoms. The van der Waals surface area contributed by atoms with Gasteiger partial charge in [-0.2, -0.15) is 26.3 Å². The van der Waals surface area contributed by atoms with E-state index in [0.717, 1.165) is 5.56 Å². The monoisotopic (exact) mass is 600 g/mol. The minimum atomic E-state index is -5.09. The number of carbonyl (C=O) groups is 3. The normalized spacial score (nSPS) is 17.7. The highest BCUT2D eigenvalue weighted by atomic mass is 19.4. The molecule has 0 radical (unpaired) electrons. The summed E-state index contributed by atoms with van der Waals surface area (Å²) in [5.41, 5.74) is -3.03. The molecule has 2 atom stereocenters. The lowest BCUT2D eigenvalue weighted by molar-refractivity contribution is -0.143. The average molecular weight is 601 g/mol. The molecule has 1 heterocycles. The molecule has 0 bridgehead atoms. The van der Waals surface area contributed by atoms with Gasteiger partial charge in [-0.3, -0.25) is 19.3 Å². The van der Waals surface area contributed by atoms with Gasteiger partial charge < -0.3 is 14.7 Å². The number of alkyl halides is 6. The maximum absolute atomic E-state index is 13.6. The molecule has 0 N–H and O–H groups in total. The van der Waals surface area contributed by atoms with Crippen LogP contribution < -0.4 is 0 Å². The molecule has 0 unspecified atom stereocenters. The van der Waals surface area contributed by atoms with Gasteiger partial charge in [-0.1, -0.05) is 30.3 Å². The van der Waals surface area contributed by atoms with Crippen molar-refractivity contribution in [1.82, 2.24) is 19.6 Å². The van der Waals surface area contributed by atoms with Crippen LogP contribution in [-0.2, 0) is 28.4 Å². The number of nitrogens with zero attached hydrogens (tertiary/aromatic N) is 4. The number of amides is 3. The molecule has 0 saturated carbocycles. The number of benzene rings is 2. The van der Waals surface area contributed by atoms with Gasteiger partial charge in [-0.25, -0.2) is 0 Å². The van der Waals surface area contributed by atoms with E-state index in [2.05, 4.69) is 0 Å². The quantitative estimate of drug-likeness (QED) is 0.421. The van der Waals surface area contributed by atoms with Crippen molar-refractivity contribution in [2.24, 2.45) is 0 Å². The Labute approximate surface area is 240 Å². The van der Waals surface area contributed by atoms with Gasteiger partial charge in [0.15, 0.2) is 0 Å². The first-order chi connectivity index (χ1) is 19.5. The molecule has 0 spiro atoms. The van der Waals surface area contributed by atoms with Gasteiger partial charge in [0.05, 0.1) is 24.2 Å². The number of likely N-dealkylation sites (N-methyl/N-ethyl adjacent to an activating group) is 2. The molecule has 1 aliphatic heterocycles. The summed E-state index contributed by atoms with van der Waals surface area (Å²) < 4.78 is 81.0. The summed E-state index contributed by atoms with van der Waals surface area (Å²) in [5.74, 6) is -1.45. The molecule has 1 fully saturated rings. The molecule has 3 rings (SSSR count). The van der Waals surface area contributed by atoms with Crippen molar-refractivity contribution in [3.8, 4) is 0 Å². The largest absolute Gasteiger partial charge is 0.416 e. The predicted octanol–water partition coefficient (Wildman–Crippen LogP) is 4.42. The van der Waals surface area contributed by atoms with Crippen molar-refractivity contribution in [1.29, 1.82) is 0 Å². The van der Waals surface area contributed by atoms with E-state index < -0.39 is 41.0 Å². The smallest absolute Gasteiger partial charge is 0.348 e. The van der Waals surface area contributed by atoms with Crippen LogP contribution >= 0.6 is 0 Å². The molecule has 1 saturated heterocycles. The summed E-state index contributed by atoms with van der Waals surface area (Å²) >= 11 is 0. The minimum absolute atomic E-state index is 0.00140. The third-order valence-corrected chi connectivity index (χ3v) is 7.29. The first-order valence-corrected chi connectivity index (χ1v) is 13.3. The Hall–Kier alpha value is -3.61. The maximum atomic E-state index is 13.6. The minimum Gasteiger partial charge on any atom is -0.348 e. The Balaban J connectivity index is 1.99. The number of rotatable bonds is 8. The number of hydrogen-bond donors (Lipinski definition) is 0. The Morgan fingerprint density at radius 3 is 1.76 bits per heavy atom. The molecular weight excluding hydrogens is 566 g/mol. The van der Waals surface area contributed by atoms with E-state index in [9.17, 15) is 40.7 Å². The van der Waals surface area contributed by atoms with Crippen LogP contribution in [0.15, 0.2) is 48.5 Å². The van der Waals surface area contributed by atoms with Crippen molar-refractivity contribution in [2.75, 3.05) is 47.8 Å². The zero-order chi connectivity index (χ0) is 31.4. The summed E-state index contributed by atoms with van der Waals surface area (Å²) in [4.78, 5) is 44.7. The van der Waals surface area contributed by atoms with Gasteiger partial charge in [0.1, 0.15) is 0 Å². The van der Waals surface area contributed by atoms with E-state index >= 15 is 0 Å². The van der Waals surface area contributed by atoms with Gasteiger partial charge in [0.25, 0.3) is 5.91 Å². The van der Waals surface area contributed by atoms with E-state index in [1.165, 1.54) is 14.7 Å². The molecular formula is C29H34F6N4O3. The van der Waals surface area contributed by atoms with Crippen LogP contribution in [0.4, 0.5) is 26.3 Å². The van der Waals surface area contributed by atoms with E-state index in [-0.39, 0.29) is 62.8 Å². The second-order valence-corrected chi connectivity index (χ2v) is 10.8. The lowest BCUT2D eigenvalue weighted by Gasteiger charge is -2.44. The fourth-order valence-electron chi connectivity index (χ4n) is 4.90. The van der Waals surface area contributed by atoms with Gasteiger partial charge in [-0.05, 0) is 43.0 Å². The lowest BCUT2D eigenvalue weighted by Crippen LogP contribution is -2.55. The second-order valence-electron chi connectivity index (χ2n) is 10.8. The van der Waals surface area contributed by atoms with Crippen molar-refractivity contribution >= 4 is 17.7 Å². The van der Waals surface area contributed by atoms with Gasteiger partial charge in [0.2, 0.25) is 11.8 Å². The van der Waals surface area contributed by atoms with E-state index in [1.54, 1.807) is 63.4 Å². The molecule has 3 amide bonds.